The molecule has 1 aromatic rings. The summed E-state index contributed by atoms with van der Waals surface area (Å²) in [4.78, 5) is 17.9. The van der Waals surface area contributed by atoms with Crippen LogP contribution in [0.2, 0.25) is 5.15 Å². The summed E-state index contributed by atoms with van der Waals surface area (Å²) in [5, 5.41) is 0.497. The molecule has 0 N–H and O–H groups in total. The predicted octanol–water partition coefficient (Wildman–Crippen LogP) is 3.59. The lowest BCUT2D eigenvalue weighted by atomic mass is 9.93. The maximum atomic E-state index is 12.1. The van der Waals surface area contributed by atoms with Crippen LogP contribution in [0.25, 0.3) is 0 Å². The van der Waals surface area contributed by atoms with Crippen molar-refractivity contribution in [2.45, 2.75) is 45.8 Å². The zero-order chi connectivity index (χ0) is 14.2. The van der Waals surface area contributed by atoms with E-state index in [9.17, 15) is 4.79 Å². The van der Waals surface area contributed by atoms with Gasteiger partial charge in [0.25, 0.3) is 0 Å². The van der Waals surface area contributed by atoms with Crippen LogP contribution in [-0.2, 0) is 11.3 Å². The molecule has 0 fully saturated rings. The molecule has 0 saturated carbocycles. The monoisotopic (exact) mass is 282 g/mol. The molecule has 1 aromatic heterocycles. The van der Waals surface area contributed by atoms with E-state index in [2.05, 4.69) is 11.9 Å². The minimum absolute atomic E-state index is 0.233. The quantitative estimate of drug-likeness (QED) is 0.683. The van der Waals surface area contributed by atoms with Gasteiger partial charge in [-0.25, -0.2) is 9.78 Å². The van der Waals surface area contributed by atoms with Crippen molar-refractivity contribution in [3.8, 4) is 0 Å². The van der Waals surface area contributed by atoms with Crippen LogP contribution < -0.4 is 0 Å². The highest BCUT2D eigenvalue weighted by atomic mass is 35.5. The van der Waals surface area contributed by atoms with E-state index in [-0.39, 0.29) is 12.0 Å². The topological polar surface area (TPSA) is 42.4 Å². The average Bonchev–Trinajstić information content (AvgIpc) is 2.27. The number of rotatable bonds is 0. The van der Waals surface area contributed by atoms with Gasteiger partial charge in [0.05, 0.1) is 6.54 Å². The largest absolute Gasteiger partial charge is 0.444 e. The first-order chi connectivity index (χ1) is 8.76. The highest BCUT2D eigenvalue weighted by Crippen LogP contribution is 2.29. The van der Waals surface area contributed by atoms with Gasteiger partial charge < -0.3 is 9.64 Å². The Balaban J connectivity index is 2.17. The fourth-order valence-electron chi connectivity index (χ4n) is 2.23. The molecule has 5 heteroatoms. The number of amides is 1. The molecule has 0 spiro atoms. The molecule has 2 rings (SSSR count). The maximum absolute atomic E-state index is 12.1. The molecule has 1 aliphatic heterocycles. The third kappa shape index (κ3) is 3.38. The van der Waals surface area contributed by atoms with Gasteiger partial charge >= 0.3 is 6.09 Å². The molecule has 0 bridgehead atoms. The molecule has 1 amide bonds. The lowest BCUT2D eigenvalue weighted by molar-refractivity contribution is 0.0208. The van der Waals surface area contributed by atoms with Crippen molar-refractivity contribution in [3.05, 3.63) is 28.5 Å². The Bertz CT molecular complexity index is 497. The fourth-order valence-corrected chi connectivity index (χ4v) is 2.39. The van der Waals surface area contributed by atoms with Crippen molar-refractivity contribution in [1.29, 1.82) is 0 Å². The normalized spacial score (nSPS) is 19.0. The smallest absolute Gasteiger partial charge is 0.410 e. The first-order valence-electron chi connectivity index (χ1n) is 6.38. The minimum atomic E-state index is -0.473. The maximum Gasteiger partial charge on any atom is 0.410 e. The van der Waals surface area contributed by atoms with E-state index in [1.165, 1.54) is 5.56 Å². The Morgan fingerprint density at radius 2 is 2.21 bits per heavy atom. The van der Waals surface area contributed by atoms with Gasteiger partial charge in [0, 0.05) is 12.7 Å². The molecule has 2 heterocycles. The van der Waals surface area contributed by atoms with E-state index in [0.717, 1.165) is 5.56 Å². The number of hydrogen-bond donors (Lipinski definition) is 0. The third-order valence-corrected chi connectivity index (χ3v) is 3.23. The standard InChI is InChI=1S/C14H19ClN2O2/c1-9-7-17(13(18)19-14(2,3)4)8-10-6-16-12(15)5-11(9)10/h5-6,9H,7-8H2,1-4H3. The van der Waals surface area contributed by atoms with Crippen molar-refractivity contribution in [3.63, 3.8) is 0 Å². The van der Waals surface area contributed by atoms with E-state index in [1.54, 1.807) is 11.1 Å². The molecule has 0 saturated heterocycles. The van der Waals surface area contributed by atoms with Crippen molar-refractivity contribution in [2.24, 2.45) is 0 Å². The third-order valence-electron chi connectivity index (χ3n) is 3.03. The second-order valence-electron chi connectivity index (χ2n) is 5.97. The second kappa shape index (κ2) is 5.00. The van der Waals surface area contributed by atoms with Gasteiger partial charge in [0.2, 0.25) is 0 Å². The van der Waals surface area contributed by atoms with Crippen molar-refractivity contribution >= 4 is 17.7 Å². The summed E-state index contributed by atoms with van der Waals surface area (Å²) >= 11 is 5.91. The second-order valence-corrected chi connectivity index (χ2v) is 6.36. The fraction of sp³-hybridized carbons (Fsp3) is 0.571. The summed E-state index contributed by atoms with van der Waals surface area (Å²) in [5.41, 5.74) is 1.73. The number of aromatic nitrogens is 1. The summed E-state index contributed by atoms with van der Waals surface area (Å²) in [7, 11) is 0. The zero-order valence-corrected chi connectivity index (χ0v) is 12.5. The Hall–Kier alpha value is -1.29. The van der Waals surface area contributed by atoms with Gasteiger partial charge in [-0.15, -0.1) is 0 Å². The molecule has 0 radical (unpaired) electrons. The number of fused-ring (bicyclic) bond motifs is 1. The number of hydrogen-bond acceptors (Lipinski definition) is 3. The van der Waals surface area contributed by atoms with Crippen molar-refractivity contribution in [2.75, 3.05) is 6.54 Å². The molecule has 19 heavy (non-hydrogen) atoms. The minimum Gasteiger partial charge on any atom is -0.444 e. The molecule has 104 valence electrons. The summed E-state index contributed by atoms with van der Waals surface area (Å²) in [6.45, 7) is 8.85. The van der Waals surface area contributed by atoms with Crippen LogP contribution >= 0.6 is 11.6 Å². The Morgan fingerprint density at radius 3 is 2.84 bits per heavy atom. The zero-order valence-electron chi connectivity index (χ0n) is 11.7. The van der Waals surface area contributed by atoms with Gasteiger partial charge in [-0.1, -0.05) is 18.5 Å². The van der Waals surface area contributed by atoms with E-state index in [1.807, 2.05) is 26.8 Å². The van der Waals surface area contributed by atoms with E-state index >= 15 is 0 Å². The first-order valence-corrected chi connectivity index (χ1v) is 6.76. The summed E-state index contributed by atoms with van der Waals surface area (Å²) < 4.78 is 5.40. The average molecular weight is 283 g/mol. The van der Waals surface area contributed by atoms with E-state index < -0.39 is 5.60 Å². The Morgan fingerprint density at radius 1 is 1.53 bits per heavy atom. The van der Waals surface area contributed by atoms with Gasteiger partial charge in [0.15, 0.2) is 0 Å². The number of ether oxygens (including phenoxy) is 1. The van der Waals surface area contributed by atoms with E-state index in [0.29, 0.717) is 18.2 Å². The SMILES string of the molecule is CC1CN(C(=O)OC(C)(C)C)Cc2cnc(Cl)cc21. The molecule has 1 unspecified atom stereocenters. The highest BCUT2D eigenvalue weighted by Gasteiger charge is 2.29. The molecule has 4 nitrogen and oxygen atoms in total. The predicted molar refractivity (Wildman–Crippen MR) is 74.3 cm³/mol. The molecule has 1 aliphatic rings. The summed E-state index contributed by atoms with van der Waals surface area (Å²) in [6, 6.07) is 1.88. The van der Waals surface area contributed by atoms with Gasteiger partial charge in [-0.2, -0.15) is 0 Å². The van der Waals surface area contributed by atoms with Crippen LogP contribution in [0.3, 0.4) is 0 Å². The van der Waals surface area contributed by atoms with Crippen molar-refractivity contribution < 1.29 is 9.53 Å². The number of carbonyl (C=O) groups is 1. The Kier molecular flexibility index (Phi) is 3.72. The van der Waals surface area contributed by atoms with Gasteiger partial charge in [0.1, 0.15) is 10.8 Å². The lowest BCUT2D eigenvalue weighted by Crippen LogP contribution is -2.41. The van der Waals surface area contributed by atoms with Crippen LogP contribution in [0.5, 0.6) is 0 Å². The van der Waals surface area contributed by atoms with Crippen LogP contribution in [0.1, 0.15) is 44.7 Å². The number of pyridine rings is 1. The number of carbonyl (C=O) groups excluding carboxylic acids is 1. The number of nitrogens with zero attached hydrogens (tertiary/aromatic N) is 2. The lowest BCUT2D eigenvalue weighted by Gasteiger charge is -2.34. The summed E-state index contributed by atoms with van der Waals surface area (Å²) in [6.07, 6.45) is 1.46. The van der Waals surface area contributed by atoms with Crippen LogP contribution in [0, 0.1) is 0 Å². The molecular weight excluding hydrogens is 264 g/mol. The van der Waals surface area contributed by atoms with Gasteiger partial charge in [-0.3, -0.25) is 0 Å². The molecule has 0 aromatic carbocycles. The molecular formula is C14H19ClN2O2. The van der Waals surface area contributed by atoms with Gasteiger partial charge in [-0.05, 0) is 43.9 Å². The number of halogens is 1. The van der Waals surface area contributed by atoms with E-state index in [4.69, 9.17) is 16.3 Å². The van der Waals surface area contributed by atoms with Crippen LogP contribution in [0.15, 0.2) is 12.3 Å². The molecule has 0 aliphatic carbocycles. The molecule has 1 atom stereocenters. The highest BCUT2D eigenvalue weighted by molar-refractivity contribution is 6.29. The van der Waals surface area contributed by atoms with Crippen LogP contribution in [0.4, 0.5) is 4.79 Å². The van der Waals surface area contributed by atoms with Crippen molar-refractivity contribution in [1.82, 2.24) is 9.88 Å². The summed E-state index contributed by atoms with van der Waals surface area (Å²) in [5.74, 6) is 0.233. The Labute approximate surface area is 118 Å². The van der Waals surface area contributed by atoms with Crippen LogP contribution in [-0.4, -0.2) is 28.1 Å². The first kappa shape index (κ1) is 14.1.